The Kier molecular flexibility index (Phi) is 5.75. The fraction of sp³-hybridized carbons (Fsp3) is 0.524. The van der Waals surface area contributed by atoms with Crippen molar-refractivity contribution < 1.29 is 4.92 Å². The third-order valence-electron chi connectivity index (χ3n) is 5.12. The van der Waals surface area contributed by atoms with Gasteiger partial charge in [-0.05, 0) is 53.0 Å². The highest BCUT2D eigenvalue weighted by Gasteiger charge is 2.38. The summed E-state index contributed by atoms with van der Waals surface area (Å²) in [5.74, 6) is 0.482. The minimum absolute atomic E-state index is 0.0693. The van der Waals surface area contributed by atoms with E-state index in [1.807, 2.05) is 31.2 Å². The van der Waals surface area contributed by atoms with E-state index in [0.29, 0.717) is 6.54 Å². The van der Waals surface area contributed by atoms with Gasteiger partial charge in [-0.3, -0.25) is 10.1 Å². The highest BCUT2D eigenvalue weighted by Crippen LogP contribution is 2.34. The van der Waals surface area contributed by atoms with Crippen LogP contribution in [0.1, 0.15) is 51.7 Å². The predicted octanol–water partition coefficient (Wildman–Crippen LogP) is 4.03. The van der Waals surface area contributed by atoms with Gasteiger partial charge in [-0.25, -0.2) is 9.97 Å². The summed E-state index contributed by atoms with van der Waals surface area (Å²) < 4.78 is 0. The van der Waals surface area contributed by atoms with Crippen LogP contribution in [0.2, 0.25) is 0 Å². The van der Waals surface area contributed by atoms with E-state index < -0.39 is 4.92 Å². The molecule has 1 fully saturated rings. The molecule has 0 amide bonds. The van der Waals surface area contributed by atoms with Crippen LogP contribution in [0, 0.1) is 17.0 Å². The van der Waals surface area contributed by atoms with Crippen molar-refractivity contribution in [2.24, 2.45) is 0 Å². The minimum Gasteiger partial charge on any atom is -0.361 e. The predicted molar refractivity (Wildman–Crippen MR) is 115 cm³/mol. The Morgan fingerprint density at radius 1 is 1.10 bits per heavy atom. The van der Waals surface area contributed by atoms with Crippen molar-refractivity contribution >= 4 is 17.3 Å². The molecule has 0 radical (unpaired) electrons. The molecular formula is C21H30N6O2. The summed E-state index contributed by atoms with van der Waals surface area (Å²) in [4.78, 5) is 19.7. The highest BCUT2D eigenvalue weighted by molar-refractivity contribution is 5.69. The maximum atomic E-state index is 11.8. The van der Waals surface area contributed by atoms with Crippen molar-refractivity contribution in [3.05, 3.63) is 51.8 Å². The number of aryl methyl sites for hydroxylation is 1. The number of piperidine rings is 1. The summed E-state index contributed by atoms with van der Waals surface area (Å²) in [6.45, 7) is 11.0. The lowest BCUT2D eigenvalue weighted by molar-refractivity contribution is -0.383. The summed E-state index contributed by atoms with van der Waals surface area (Å²) >= 11 is 0. The normalized spacial score (nSPS) is 18.2. The van der Waals surface area contributed by atoms with E-state index in [1.54, 1.807) is 0 Å². The zero-order chi connectivity index (χ0) is 21.2. The van der Waals surface area contributed by atoms with Gasteiger partial charge in [-0.2, -0.15) is 0 Å². The number of hydrogen-bond acceptors (Lipinski definition) is 7. The Labute approximate surface area is 171 Å². The molecule has 0 aliphatic carbocycles. The lowest BCUT2D eigenvalue weighted by atomic mass is 9.79. The molecule has 1 aliphatic rings. The number of anilines is 2. The maximum Gasteiger partial charge on any atom is 0.353 e. The third-order valence-corrected chi connectivity index (χ3v) is 5.12. The Balaban J connectivity index is 1.81. The van der Waals surface area contributed by atoms with Crippen LogP contribution in [0.5, 0.6) is 0 Å². The van der Waals surface area contributed by atoms with Crippen molar-refractivity contribution in [3.8, 4) is 0 Å². The number of nitrogens with one attached hydrogen (secondary N) is 3. The molecule has 8 heteroatoms. The summed E-state index contributed by atoms with van der Waals surface area (Å²) in [5, 5.41) is 21.9. The first-order valence-corrected chi connectivity index (χ1v) is 9.89. The molecule has 0 atom stereocenters. The van der Waals surface area contributed by atoms with Crippen LogP contribution in [0.4, 0.5) is 17.3 Å². The average Bonchev–Trinajstić information content (AvgIpc) is 2.58. The largest absolute Gasteiger partial charge is 0.361 e. The first-order valence-electron chi connectivity index (χ1n) is 9.89. The molecule has 156 valence electrons. The molecule has 0 unspecified atom stereocenters. The molecule has 8 nitrogen and oxygen atoms in total. The van der Waals surface area contributed by atoms with Gasteiger partial charge in [-0.15, -0.1) is 0 Å². The van der Waals surface area contributed by atoms with Crippen LogP contribution >= 0.6 is 0 Å². The van der Waals surface area contributed by atoms with Gasteiger partial charge in [0.25, 0.3) is 0 Å². The van der Waals surface area contributed by atoms with Crippen LogP contribution in [0.15, 0.2) is 30.6 Å². The Morgan fingerprint density at radius 3 is 2.28 bits per heavy atom. The molecule has 1 aromatic heterocycles. The maximum absolute atomic E-state index is 11.8. The molecule has 3 rings (SSSR count). The van der Waals surface area contributed by atoms with Gasteiger partial charge in [0.15, 0.2) is 0 Å². The van der Waals surface area contributed by atoms with Crippen LogP contribution in [-0.2, 0) is 6.54 Å². The Bertz CT molecular complexity index is 863. The van der Waals surface area contributed by atoms with Gasteiger partial charge < -0.3 is 16.0 Å². The van der Waals surface area contributed by atoms with Gasteiger partial charge in [0, 0.05) is 23.7 Å². The van der Waals surface area contributed by atoms with Gasteiger partial charge >= 0.3 is 5.69 Å². The van der Waals surface area contributed by atoms with Crippen molar-refractivity contribution in [1.29, 1.82) is 0 Å². The van der Waals surface area contributed by atoms with Crippen LogP contribution in [0.25, 0.3) is 0 Å². The second-order valence-electron chi connectivity index (χ2n) is 9.16. The van der Waals surface area contributed by atoms with Crippen molar-refractivity contribution in [1.82, 2.24) is 15.3 Å². The highest BCUT2D eigenvalue weighted by atomic mass is 16.6. The van der Waals surface area contributed by atoms with Crippen LogP contribution in [0.3, 0.4) is 0 Å². The Morgan fingerprint density at radius 2 is 1.69 bits per heavy atom. The van der Waals surface area contributed by atoms with E-state index in [0.717, 1.165) is 18.4 Å². The van der Waals surface area contributed by atoms with Gasteiger partial charge in [-0.1, -0.05) is 29.8 Å². The quantitative estimate of drug-likeness (QED) is 0.498. The van der Waals surface area contributed by atoms with Crippen LogP contribution in [-0.4, -0.2) is 32.0 Å². The molecule has 1 aromatic carbocycles. The number of nitro groups is 1. The zero-order valence-electron chi connectivity index (χ0n) is 17.7. The molecule has 2 heterocycles. The van der Waals surface area contributed by atoms with Gasteiger partial charge in [0.1, 0.15) is 6.33 Å². The molecule has 0 saturated carbocycles. The number of aromatic nitrogens is 2. The molecule has 3 N–H and O–H groups in total. The fourth-order valence-electron chi connectivity index (χ4n) is 4.30. The number of nitrogens with zero attached hydrogens (tertiary/aromatic N) is 3. The van der Waals surface area contributed by atoms with E-state index >= 15 is 0 Å². The fourth-order valence-corrected chi connectivity index (χ4v) is 4.30. The second kappa shape index (κ2) is 7.94. The molecule has 29 heavy (non-hydrogen) atoms. The lowest BCUT2D eigenvalue weighted by Gasteiger charge is -2.46. The summed E-state index contributed by atoms with van der Waals surface area (Å²) in [5.41, 5.74) is 1.93. The summed E-state index contributed by atoms with van der Waals surface area (Å²) in [6, 6.07) is 8.08. The average molecular weight is 399 g/mol. The second-order valence-corrected chi connectivity index (χ2v) is 9.16. The van der Waals surface area contributed by atoms with E-state index in [1.165, 1.54) is 11.9 Å². The van der Waals surface area contributed by atoms with Crippen LogP contribution < -0.4 is 16.0 Å². The number of benzene rings is 1. The molecular weight excluding hydrogens is 368 g/mol. The first-order chi connectivity index (χ1) is 13.5. The number of hydrogen-bond donors (Lipinski definition) is 3. The molecule has 1 saturated heterocycles. The van der Waals surface area contributed by atoms with E-state index in [2.05, 4.69) is 53.6 Å². The minimum atomic E-state index is -0.419. The topological polar surface area (TPSA) is 105 Å². The Hall–Kier alpha value is -2.74. The zero-order valence-corrected chi connectivity index (χ0v) is 17.7. The molecule has 2 aromatic rings. The van der Waals surface area contributed by atoms with E-state index in [9.17, 15) is 10.1 Å². The summed E-state index contributed by atoms with van der Waals surface area (Å²) in [6.07, 6.45) is 3.04. The molecule has 0 bridgehead atoms. The van der Waals surface area contributed by atoms with Crippen molar-refractivity contribution in [3.63, 3.8) is 0 Å². The van der Waals surface area contributed by atoms with Gasteiger partial charge in [0.2, 0.25) is 11.6 Å². The monoisotopic (exact) mass is 398 g/mol. The van der Waals surface area contributed by atoms with E-state index in [4.69, 9.17) is 0 Å². The van der Waals surface area contributed by atoms with Crippen molar-refractivity contribution in [2.75, 3.05) is 10.6 Å². The molecule has 0 spiro atoms. The van der Waals surface area contributed by atoms with E-state index in [-0.39, 0.29) is 34.4 Å². The summed E-state index contributed by atoms with van der Waals surface area (Å²) in [7, 11) is 0. The SMILES string of the molecule is Cc1ccc(CNc2ncnc(NC3CC(C)(C)NC(C)(C)C3)c2[N+](=O)[O-])cc1. The smallest absolute Gasteiger partial charge is 0.353 e. The molecule has 1 aliphatic heterocycles. The lowest BCUT2D eigenvalue weighted by Crippen LogP contribution is -2.60. The van der Waals surface area contributed by atoms with Crippen molar-refractivity contribution in [2.45, 2.75) is 71.1 Å². The number of rotatable bonds is 6. The standard InChI is InChI=1S/C21H30N6O2/c1-14-6-8-15(9-7-14)12-22-18-17(27(28)29)19(24-13-23-18)25-16-10-20(2,3)26-21(4,5)11-16/h6-9,13,16,26H,10-12H2,1-5H3,(H2,22,23,24,25). The first kappa shape index (κ1) is 21.0. The third kappa shape index (κ3) is 5.41. The van der Waals surface area contributed by atoms with Gasteiger partial charge in [0.05, 0.1) is 4.92 Å².